The van der Waals surface area contributed by atoms with Crippen molar-refractivity contribution in [3.05, 3.63) is 18.1 Å². The van der Waals surface area contributed by atoms with Crippen LogP contribution in [0.5, 0.6) is 0 Å². The molecule has 0 saturated carbocycles. The van der Waals surface area contributed by atoms with Crippen molar-refractivity contribution in [3.63, 3.8) is 0 Å². The van der Waals surface area contributed by atoms with Gasteiger partial charge in [0.05, 0.1) is 18.1 Å². The summed E-state index contributed by atoms with van der Waals surface area (Å²) in [6, 6.07) is 0. The molecule has 1 aliphatic rings. The molecule has 158 valence electrons. The summed E-state index contributed by atoms with van der Waals surface area (Å²) >= 11 is 1.75. The van der Waals surface area contributed by atoms with Crippen LogP contribution >= 0.6 is 11.8 Å². The van der Waals surface area contributed by atoms with Crippen molar-refractivity contribution in [1.82, 2.24) is 14.5 Å². The molecule has 3 rings (SSSR count). The van der Waals surface area contributed by atoms with Gasteiger partial charge in [0.25, 0.3) is 0 Å². The number of nitrogens with two attached hydrogens (primary N) is 1. The molecule has 0 aliphatic carbocycles. The number of aliphatic hydroxyl groups excluding tert-OH is 2. The van der Waals surface area contributed by atoms with Gasteiger partial charge in [-0.1, -0.05) is 27.7 Å². The smallest absolute Gasteiger partial charge is 0.147 e. The summed E-state index contributed by atoms with van der Waals surface area (Å²) in [7, 11) is 1.00. The van der Waals surface area contributed by atoms with Gasteiger partial charge >= 0.3 is 0 Å². The van der Waals surface area contributed by atoms with Gasteiger partial charge in [-0.15, -0.1) is 0 Å². The number of hydrogen-bond donors (Lipinski definition) is 3. The summed E-state index contributed by atoms with van der Waals surface area (Å²) in [5.41, 5.74) is 7.71. The molecule has 0 spiro atoms. The predicted octanol–water partition coefficient (Wildman–Crippen LogP) is 3.63. The van der Waals surface area contributed by atoms with Crippen LogP contribution in [0.4, 0.5) is 5.82 Å². The number of aromatic nitrogens is 3. The lowest BCUT2D eigenvalue weighted by atomic mass is 10.2. The Kier molecular flexibility index (Phi) is 17.3. The van der Waals surface area contributed by atoms with Gasteiger partial charge in [0.2, 0.25) is 0 Å². The summed E-state index contributed by atoms with van der Waals surface area (Å²) in [6.45, 7) is 10.0. The molecule has 1 aliphatic heterocycles. The Morgan fingerprint density at radius 1 is 1.19 bits per heavy atom. The molecule has 1 saturated heterocycles. The van der Waals surface area contributed by atoms with Crippen molar-refractivity contribution in [2.24, 2.45) is 0 Å². The number of nitrogen functional groups attached to an aromatic ring is 1. The number of ether oxygens (including phenoxy) is 1. The van der Waals surface area contributed by atoms with Crippen LogP contribution in [0.3, 0.4) is 0 Å². The van der Waals surface area contributed by atoms with Crippen LogP contribution in [0.1, 0.15) is 52.3 Å². The molecule has 27 heavy (non-hydrogen) atoms. The first-order valence-corrected chi connectivity index (χ1v) is 10.9. The molecule has 0 aromatic carbocycles. The molecule has 2 aromatic heterocycles. The minimum Gasteiger partial charge on any atom is -0.400 e. The molecular formula is C19H38N4O3S. The second-order valence-electron chi connectivity index (χ2n) is 5.06. The Morgan fingerprint density at radius 2 is 1.74 bits per heavy atom. The fraction of sp³-hybridized carbons (Fsp3) is 0.684. The van der Waals surface area contributed by atoms with Crippen molar-refractivity contribution in [2.45, 2.75) is 59.8 Å². The lowest BCUT2D eigenvalue weighted by Crippen LogP contribution is -2.14. The fourth-order valence-corrected chi connectivity index (χ4v) is 2.54. The van der Waals surface area contributed by atoms with Crippen molar-refractivity contribution >= 4 is 28.6 Å². The van der Waals surface area contributed by atoms with E-state index in [1.54, 1.807) is 11.8 Å². The quantitative estimate of drug-likeness (QED) is 0.704. The van der Waals surface area contributed by atoms with Crippen molar-refractivity contribution in [2.75, 3.05) is 32.0 Å². The molecule has 2 aromatic rings. The third kappa shape index (κ3) is 8.04. The van der Waals surface area contributed by atoms with Gasteiger partial charge in [0, 0.05) is 13.3 Å². The number of nitrogens with zero attached hydrogens (tertiary/aromatic N) is 3. The van der Waals surface area contributed by atoms with E-state index < -0.39 is 0 Å². The molecule has 1 fully saturated rings. The van der Waals surface area contributed by atoms with Gasteiger partial charge in [-0.2, -0.15) is 11.8 Å². The third-order valence-electron chi connectivity index (χ3n) is 3.43. The molecule has 0 radical (unpaired) electrons. The summed E-state index contributed by atoms with van der Waals surface area (Å²) < 4.78 is 7.75. The van der Waals surface area contributed by atoms with Gasteiger partial charge in [-0.05, 0) is 37.8 Å². The second-order valence-corrected chi connectivity index (χ2v) is 5.87. The SMILES string of the molecule is CC.CC.CO.CSC.Cc1cn(C2CCC(CO)O2)c2ncnc(N)c12. The highest BCUT2D eigenvalue weighted by atomic mass is 32.2. The van der Waals surface area contributed by atoms with Gasteiger partial charge in [-0.25, -0.2) is 9.97 Å². The average molecular weight is 403 g/mol. The zero-order chi connectivity index (χ0) is 21.4. The number of aliphatic hydroxyl groups is 2. The van der Waals surface area contributed by atoms with E-state index in [9.17, 15) is 0 Å². The lowest BCUT2D eigenvalue weighted by Gasteiger charge is -2.14. The highest BCUT2D eigenvalue weighted by molar-refractivity contribution is 7.97. The molecule has 7 nitrogen and oxygen atoms in total. The first kappa shape index (κ1) is 27.9. The Morgan fingerprint density at radius 3 is 2.22 bits per heavy atom. The van der Waals surface area contributed by atoms with Crippen molar-refractivity contribution in [1.29, 1.82) is 0 Å². The summed E-state index contributed by atoms with van der Waals surface area (Å²) in [5, 5.41) is 17.0. The minimum atomic E-state index is -0.0769. The van der Waals surface area contributed by atoms with Crippen molar-refractivity contribution < 1.29 is 14.9 Å². The fourth-order valence-electron chi connectivity index (χ4n) is 2.54. The van der Waals surface area contributed by atoms with Crippen molar-refractivity contribution in [3.8, 4) is 0 Å². The van der Waals surface area contributed by atoms with Crippen LogP contribution in [-0.4, -0.2) is 57.1 Å². The molecule has 4 N–H and O–H groups in total. The number of anilines is 1. The molecule has 2 atom stereocenters. The third-order valence-corrected chi connectivity index (χ3v) is 3.43. The zero-order valence-electron chi connectivity index (χ0n) is 18.1. The van der Waals surface area contributed by atoms with E-state index in [2.05, 4.69) is 9.97 Å². The maximum absolute atomic E-state index is 9.11. The highest BCUT2D eigenvalue weighted by Gasteiger charge is 2.27. The van der Waals surface area contributed by atoms with Crippen LogP contribution in [0.25, 0.3) is 11.0 Å². The van der Waals surface area contributed by atoms with E-state index in [0.29, 0.717) is 5.82 Å². The van der Waals surface area contributed by atoms with E-state index in [1.165, 1.54) is 6.33 Å². The first-order valence-electron chi connectivity index (χ1n) is 9.31. The van der Waals surface area contributed by atoms with Crippen LogP contribution in [0.15, 0.2) is 12.5 Å². The maximum Gasteiger partial charge on any atom is 0.147 e. The van der Waals surface area contributed by atoms with E-state index in [-0.39, 0.29) is 18.9 Å². The molecule has 3 heterocycles. The summed E-state index contributed by atoms with van der Waals surface area (Å²) in [6.07, 6.45) is 9.12. The Labute approximate surface area is 168 Å². The van der Waals surface area contributed by atoms with Gasteiger partial charge in [0.1, 0.15) is 24.0 Å². The Balaban J connectivity index is 0. The zero-order valence-corrected chi connectivity index (χ0v) is 18.9. The van der Waals surface area contributed by atoms with Crippen LogP contribution < -0.4 is 5.73 Å². The lowest BCUT2D eigenvalue weighted by molar-refractivity contribution is -0.0205. The second kappa shape index (κ2) is 16.8. The molecule has 8 heteroatoms. The largest absolute Gasteiger partial charge is 0.400 e. The minimum absolute atomic E-state index is 0.0613. The average Bonchev–Trinajstić information content (AvgIpc) is 3.32. The predicted molar refractivity (Wildman–Crippen MR) is 117 cm³/mol. The molecule has 0 bridgehead atoms. The van der Waals surface area contributed by atoms with Gasteiger partial charge in [-0.3, -0.25) is 0 Å². The van der Waals surface area contributed by atoms with E-state index in [1.807, 2.05) is 57.9 Å². The van der Waals surface area contributed by atoms with Gasteiger partial charge < -0.3 is 25.3 Å². The van der Waals surface area contributed by atoms with E-state index in [0.717, 1.165) is 36.5 Å². The molecular weight excluding hydrogens is 364 g/mol. The monoisotopic (exact) mass is 402 g/mol. The number of rotatable bonds is 2. The Hall–Kier alpha value is -1.35. The highest BCUT2D eigenvalue weighted by Crippen LogP contribution is 2.33. The number of aryl methyl sites for hydroxylation is 1. The summed E-state index contributed by atoms with van der Waals surface area (Å²) in [4.78, 5) is 8.30. The number of fused-ring (bicyclic) bond motifs is 1. The molecule has 2 unspecified atom stereocenters. The first-order chi connectivity index (χ1) is 13.1. The number of thioether (sulfide) groups is 1. The molecule has 0 amide bonds. The maximum atomic E-state index is 9.11. The van der Waals surface area contributed by atoms with E-state index >= 15 is 0 Å². The van der Waals surface area contributed by atoms with Crippen LogP contribution in [-0.2, 0) is 4.74 Å². The van der Waals surface area contributed by atoms with Crippen LogP contribution in [0, 0.1) is 6.92 Å². The normalized spacial score (nSPS) is 17.3. The summed E-state index contributed by atoms with van der Waals surface area (Å²) in [5.74, 6) is 0.493. The van der Waals surface area contributed by atoms with Crippen LogP contribution in [0.2, 0.25) is 0 Å². The number of hydrogen-bond acceptors (Lipinski definition) is 7. The van der Waals surface area contributed by atoms with Gasteiger partial charge in [0.15, 0.2) is 0 Å². The van der Waals surface area contributed by atoms with E-state index in [4.69, 9.17) is 20.7 Å². The topological polar surface area (TPSA) is 106 Å². The standard InChI is InChI=1S/C12H16N4O2.C2H6S.2C2H6.CH4O/c1-7-4-16(9-3-2-8(5-17)18-9)12-10(7)11(13)14-6-15-12;1-3-2;3*1-2/h4,6,8-9,17H,2-3,5H2,1H3,(H2,13,14,15);1-2H3;2*1-2H3;2H,1H3. The Bertz CT molecular complexity index is 608.